The van der Waals surface area contributed by atoms with Crippen LogP contribution < -0.4 is 10.1 Å². The van der Waals surface area contributed by atoms with E-state index < -0.39 is 5.97 Å². The van der Waals surface area contributed by atoms with Crippen LogP contribution in [0, 0.1) is 6.92 Å². The van der Waals surface area contributed by atoms with E-state index >= 15 is 0 Å². The zero-order valence-electron chi connectivity index (χ0n) is 14.7. The number of nitrogens with one attached hydrogen (secondary N) is 1. The second kappa shape index (κ2) is 8.52. The molecule has 3 aromatic carbocycles. The number of hydrogen-bond donors (Lipinski definition) is 1. The second-order valence-electron chi connectivity index (χ2n) is 6.02. The lowest BCUT2D eigenvalue weighted by Crippen LogP contribution is -2.16. The van der Waals surface area contributed by atoms with Gasteiger partial charge in [0.2, 0.25) is 5.91 Å². The van der Waals surface area contributed by atoms with Crippen LogP contribution >= 0.6 is 11.6 Å². The number of carbonyl (C=O) groups excluding carboxylic acids is 2. The molecular weight excluding hydrogens is 362 g/mol. The van der Waals surface area contributed by atoms with Gasteiger partial charge in [-0.25, -0.2) is 4.79 Å². The first-order valence-corrected chi connectivity index (χ1v) is 8.82. The molecule has 1 amide bonds. The molecule has 0 heterocycles. The molecule has 0 saturated carbocycles. The van der Waals surface area contributed by atoms with Gasteiger partial charge in [0, 0.05) is 0 Å². The van der Waals surface area contributed by atoms with Crippen molar-refractivity contribution in [2.45, 2.75) is 13.3 Å². The van der Waals surface area contributed by atoms with E-state index in [4.69, 9.17) is 16.3 Å². The summed E-state index contributed by atoms with van der Waals surface area (Å²) in [7, 11) is 0. The Morgan fingerprint density at radius 2 is 1.63 bits per heavy atom. The van der Waals surface area contributed by atoms with Crippen molar-refractivity contribution >= 4 is 29.2 Å². The average Bonchev–Trinajstić information content (AvgIpc) is 2.66. The second-order valence-corrected chi connectivity index (χ2v) is 6.40. The number of aryl methyl sites for hydroxylation is 1. The molecule has 0 aliphatic carbocycles. The summed E-state index contributed by atoms with van der Waals surface area (Å²) in [5.41, 5.74) is 2.54. The molecular formula is C22H18ClNO3. The van der Waals surface area contributed by atoms with E-state index in [2.05, 4.69) is 5.32 Å². The lowest BCUT2D eigenvalue weighted by Gasteiger charge is -2.11. The van der Waals surface area contributed by atoms with Gasteiger partial charge in [0.25, 0.3) is 0 Å². The quantitative estimate of drug-likeness (QED) is 0.498. The van der Waals surface area contributed by atoms with Gasteiger partial charge >= 0.3 is 5.97 Å². The van der Waals surface area contributed by atoms with Gasteiger partial charge in [-0.3, -0.25) is 4.79 Å². The summed E-state index contributed by atoms with van der Waals surface area (Å²) < 4.78 is 5.32. The molecule has 5 heteroatoms. The number of amides is 1. The zero-order valence-corrected chi connectivity index (χ0v) is 15.5. The van der Waals surface area contributed by atoms with Crippen molar-refractivity contribution in [3.63, 3.8) is 0 Å². The minimum Gasteiger partial charge on any atom is -0.423 e. The maximum absolute atomic E-state index is 12.4. The van der Waals surface area contributed by atoms with Crippen molar-refractivity contribution < 1.29 is 14.3 Å². The zero-order chi connectivity index (χ0) is 19.2. The molecule has 3 rings (SSSR count). The number of ether oxygens (including phenoxy) is 1. The highest BCUT2D eigenvalue weighted by atomic mass is 35.5. The van der Waals surface area contributed by atoms with E-state index in [-0.39, 0.29) is 22.9 Å². The molecule has 136 valence electrons. The van der Waals surface area contributed by atoms with Crippen LogP contribution in [-0.2, 0) is 11.2 Å². The normalized spacial score (nSPS) is 10.3. The van der Waals surface area contributed by atoms with Crippen LogP contribution in [0.25, 0.3) is 0 Å². The first-order chi connectivity index (χ1) is 13.0. The highest BCUT2D eigenvalue weighted by Crippen LogP contribution is 2.27. The third kappa shape index (κ3) is 4.74. The Bertz CT molecular complexity index is 970. The Morgan fingerprint density at radius 3 is 2.37 bits per heavy atom. The predicted octanol–water partition coefficient (Wildman–Crippen LogP) is 5.05. The van der Waals surface area contributed by atoms with Crippen molar-refractivity contribution in [1.82, 2.24) is 0 Å². The molecule has 0 aromatic heterocycles. The van der Waals surface area contributed by atoms with Crippen molar-refractivity contribution in [2.24, 2.45) is 0 Å². The molecule has 27 heavy (non-hydrogen) atoms. The van der Waals surface area contributed by atoms with Crippen molar-refractivity contribution in [3.8, 4) is 5.75 Å². The van der Waals surface area contributed by atoms with Crippen LogP contribution in [0.5, 0.6) is 5.75 Å². The number of carbonyl (C=O) groups is 2. The standard InChI is InChI=1S/C22H18ClNO3/c1-15-8-5-6-9-16(15)14-20(25)24-19-13-7-12-18(21(19)23)22(26)27-17-10-3-2-4-11-17/h2-13H,14H2,1H3,(H,24,25). The van der Waals surface area contributed by atoms with E-state index in [0.29, 0.717) is 11.4 Å². The fourth-order valence-corrected chi connectivity index (χ4v) is 2.86. The third-order valence-corrected chi connectivity index (χ3v) is 4.47. The predicted molar refractivity (Wildman–Crippen MR) is 106 cm³/mol. The maximum atomic E-state index is 12.4. The van der Waals surface area contributed by atoms with Crippen LogP contribution in [0.2, 0.25) is 5.02 Å². The van der Waals surface area contributed by atoms with Crippen molar-refractivity contribution in [1.29, 1.82) is 0 Å². The lowest BCUT2D eigenvalue weighted by molar-refractivity contribution is -0.115. The smallest absolute Gasteiger partial charge is 0.345 e. The number of esters is 1. The summed E-state index contributed by atoms with van der Waals surface area (Å²) in [4.78, 5) is 24.8. The van der Waals surface area contributed by atoms with E-state index in [9.17, 15) is 9.59 Å². The number of anilines is 1. The molecule has 0 fully saturated rings. The molecule has 0 unspecified atom stereocenters. The Balaban J connectivity index is 1.73. The molecule has 0 radical (unpaired) electrons. The van der Waals surface area contributed by atoms with Crippen LogP contribution in [0.4, 0.5) is 5.69 Å². The van der Waals surface area contributed by atoms with Crippen LogP contribution in [0.15, 0.2) is 72.8 Å². The molecule has 0 atom stereocenters. The number of hydrogen-bond acceptors (Lipinski definition) is 3. The number of benzene rings is 3. The highest BCUT2D eigenvalue weighted by molar-refractivity contribution is 6.36. The first kappa shape index (κ1) is 18.7. The molecule has 0 bridgehead atoms. The van der Waals surface area contributed by atoms with Gasteiger partial charge in [-0.15, -0.1) is 0 Å². The Labute approximate surface area is 162 Å². The molecule has 0 saturated heterocycles. The highest BCUT2D eigenvalue weighted by Gasteiger charge is 2.17. The summed E-state index contributed by atoms with van der Waals surface area (Å²) in [6, 6.07) is 21.3. The largest absolute Gasteiger partial charge is 0.423 e. The molecule has 0 aliphatic heterocycles. The molecule has 0 aliphatic rings. The lowest BCUT2D eigenvalue weighted by atomic mass is 10.1. The monoisotopic (exact) mass is 379 g/mol. The van der Waals surface area contributed by atoms with Gasteiger partial charge in [0.05, 0.1) is 22.7 Å². The van der Waals surface area contributed by atoms with Gasteiger partial charge in [-0.1, -0.05) is 60.1 Å². The van der Waals surface area contributed by atoms with Crippen molar-refractivity contribution in [3.05, 3.63) is 94.5 Å². The van der Waals surface area contributed by atoms with E-state index in [1.165, 1.54) is 0 Å². The van der Waals surface area contributed by atoms with Gasteiger partial charge < -0.3 is 10.1 Å². The molecule has 3 aromatic rings. The SMILES string of the molecule is Cc1ccccc1CC(=O)Nc1cccc(C(=O)Oc2ccccc2)c1Cl. The summed E-state index contributed by atoms with van der Waals surface area (Å²) >= 11 is 6.33. The van der Waals surface area contributed by atoms with Gasteiger partial charge in [0.1, 0.15) is 5.75 Å². The minimum absolute atomic E-state index is 0.150. The number of halogens is 1. The average molecular weight is 380 g/mol. The van der Waals surface area contributed by atoms with E-state index in [1.807, 2.05) is 37.3 Å². The Kier molecular flexibility index (Phi) is 5.89. The first-order valence-electron chi connectivity index (χ1n) is 8.44. The van der Waals surface area contributed by atoms with E-state index in [1.54, 1.807) is 42.5 Å². The summed E-state index contributed by atoms with van der Waals surface area (Å²) in [5.74, 6) is -0.367. The fourth-order valence-electron chi connectivity index (χ4n) is 2.61. The van der Waals surface area contributed by atoms with Gasteiger partial charge in [0.15, 0.2) is 0 Å². The maximum Gasteiger partial charge on any atom is 0.345 e. The Hall–Kier alpha value is -3.11. The summed E-state index contributed by atoms with van der Waals surface area (Å²) in [6.07, 6.45) is 0.224. The molecule has 1 N–H and O–H groups in total. The molecule has 0 spiro atoms. The fraction of sp³-hybridized carbons (Fsp3) is 0.0909. The topological polar surface area (TPSA) is 55.4 Å². The summed E-state index contributed by atoms with van der Waals surface area (Å²) in [6.45, 7) is 1.95. The van der Waals surface area contributed by atoms with Gasteiger partial charge in [-0.2, -0.15) is 0 Å². The Morgan fingerprint density at radius 1 is 0.926 bits per heavy atom. The van der Waals surface area contributed by atoms with Crippen LogP contribution in [-0.4, -0.2) is 11.9 Å². The number of rotatable bonds is 5. The minimum atomic E-state index is -0.582. The molecule has 4 nitrogen and oxygen atoms in total. The third-order valence-electron chi connectivity index (χ3n) is 4.06. The van der Waals surface area contributed by atoms with Crippen LogP contribution in [0.1, 0.15) is 21.5 Å². The van der Waals surface area contributed by atoms with Gasteiger partial charge in [-0.05, 0) is 42.3 Å². The van der Waals surface area contributed by atoms with Crippen molar-refractivity contribution in [2.75, 3.05) is 5.32 Å². The number of para-hydroxylation sites is 1. The van der Waals surface area contributed by atoms with E-state index in [0.717, 1.165) is 11.1 Å². The van der Waals surface area contributed by atoms with Crippen LogP contribution in [0.3, 0.4) is 0 Å². The summed E-state index contributed by atoms with van der Waals surface area (Å²) in [5, 5.41) is 2.92.